The molecular weight excluding hydrogens is 193 g/mol. The summed E-state index contributed by atoms with van der Waals surface area (Å²) >= 11 is 5.60. The maximum absolute atomic E-state index is 13.2. The Kier molecular flexibility index (Phi) is 3.10. The highest BCUT2D eigenvalue weighted by molar-refractivity contribution is 6.30. The van der Waals surface area contributed by atoms with Crippen LogP contribution in [0.1, 0.15) is 5.56 Å². The van der Waals surface area contributed by atoms with Gasteiger partial charge in [-0.3, -0.25) is 0 Å². The Bertz CT molecular complexity index is 359. The van der Waals surface area contributed by atoms with E-state index in [4.69, 9.17) is 21.6 Å². The Morgan fingerprint density at radius 2 is 2.31 bits per heavy atom. The van der Waals surface area contributed by atoms with Crippen LogP contribution in [0.4, 0.5) is 4.39 Å². The van der Waals surface area contributed by atoms with Gasteiger partial charge in [-0.15, -0.1) is 0 Å². The summed E-state index contributed by atoms with van der Waals surface area (Å²) in [5.41, 5.74) is 0.245. The van der Waals surface area contributed by atoms with Gasteiger partial charge in [0.1, 0.15) is 11.6 Å². The highest BCUT2D eigenvalue weighted by atomic mass is 35.5. The van der Waals surface area contributed by atoms with E-state index in [1.54, 1.807) is 0 Å². The van der Waals surface area contributed by atoms with Crippen LogP contribution in [0.2, 0.25) is 5.02 Å². The fourth-order valence-electron chi connectivity index (χ4n) is 1.01. The molecule has 2 nitrogen and oxygen atoms in total. The summed E-state index contributed by atoms with van der Waals surface area (Å²) in [5.74, 6) is -0.197. The molecule has 0 atom stereocenters. The summed E-state index contributed by atoms with van der Waals surface area (Å²) in [7, 11) is 1.41. The standard InChI is InChI=1S/C9H7ClFNO/c1-13-9-5-6(10)4-8(11)7(9)2-3-12/h4-5H,2H2,1H3. The number of methoxy groups -OCH3 is 1. The fraction of sp³-hybridized carbons (Fsp3) is 0.222. The summed E-state index contributed by atoms with van der Waals surface area (Å²) in [6.45, 7) is 0. The van der Waals surface area contributed by atoms with E-state index in [-0.39, 0.29) is 17.0 Å². The first-order chi connectivity index (χ1) is 6.19. The van der Waals surface area contributed by atoms with Gasteiger partial charge in [0, 0.05) is 10.6 Å². The van der Waals surface area contributed by atoms with E-state index in [9.17, 15) is 4.39 Å². The highest BCUT2D eigenvalue weighted by Crippen LogP contribution is 2.26. The van der Waals surface area contributed by atoms with Crippen molar-refractivity contribution in [3.8, 4) is 11.8 Å². The number of nitriles is 1. The molecule has 0 aliphatic rings. The lowest BCUT2D eigenvalue weighted by Gasteiger charge is -2.06. The third-order valence-electron chi connectivity index (χ3n) is 1.60. The number of halogens is 2. The largest absolute Gasteiger partial charge is 0.496 e. The van der Waals surface area contributed by atoms with Gasteiger partial charge in [0.25, 0.3) is 0 Å². The van der Waals surface area contributed by atoms with Crippen molar-refractivity contribution in [3.05, 3.63) is 28.5 Å². The number of ether oxygens (including phenoxy) is 1. The third-order valence-corrected chi connectivity index (χ3v) is 1.81. The Morgan fingerprint density at radius 1 is 1.62 bits per heavy atom. The monoisotopic (exact) mass is 199 g/mol. The summed E-state index contributed by atoms with van der Waals surface area (Å²) in [6.07, 6.45) is -0.0217. The van der Waals surface area contributed by atoms with E-state index in [1.807, 2.05) is 6.07 Å². The average molecular weight is 200 g/mol. The van der Waals surface area contributed by atoms with Crippen molar-refractivity contribution in [2.75, 3.05) is 7.11 Å². The molecule has 0 unspecified atom stereocenters. The normalized spacial score (nSPS) is 9.38. The first-order valence-electron chi connectivity index (χ1n) is 3.58. The van der Waals surface area contributed by atoms with Crippen molar-refractivity contribution in [3.63, 3.8) is 0 Å². The Balaban J connectivity index is 3.23. The number of benzene rings is 1. The van der Waals surface area contributed by atoms with Crippen LogP contribution in [-0.2, 0) is 6.42 Å². The van der Waals surface area contributed by atoms with E-state index in [0.717, 1.165) is 6.07 Å². The van der Waals surface area contributed by atoms with Gasteiger partial charge in [0.2, 0.25) is 0 Å². The number of nitrogens with zero attached hydrogens (tertiary/aromatic N) is 1. The van der Waals surface area contributed by atoms with Gasteiger partial charge in [0.15, 0.2) is 0 Å². The highest BCUT2D eigenvalue weighted by Gasteiger charge is 2.10. The predicted molar refractivity (Wildman–Crippen MR) is 47.3 cm³/mol. The lowest BCUT2D eigenvalue weighted by atomic mass is 10.1. The maximum Gasteiger partial charge on any atom is 0.132 e. The molecule has 4 heteroatoms. The zero-order chi connectivity index (χ0) is 9.84. The fourth-order valence-corrected chi connectivity index (χ4v) is 1.21. The molecule has 0 spiro atoms. The zero-order valence-corrected chi connectivity index (χ0v) is 7.73. The van der Waals surface area contributed by atoms with Crippen LogP contribution in [0.3, 0.4) is 0 Å². The maximum atomic E-state index is 13.2. The molecule has 0 bridgehead atoms. The minimum Gasteiger partial charge on any atom is -0.496 e. The Hall–Kier alpha value is -1.27. The van der Waals surface area contributed by atoms with Crippen molar-refractivity contribution in [2.45, 2.75) is 6.42 Å². The average Bonchev–Trinajstić information content (AvgIpc) is 2.09. The molecule has 1 aromatic rings. The molecular formula is C9H7ClFNO. The minimum absolute atomic E-state index is 0.0217. The van der Waals surface area contributed by atoms with Gasteiger partial charge in [-0.1, -0.05) is 11.6 Å². The molecule has 68 valence electrons. The van der Waals surface area contributed by atoms with Crippen molar-refractivity contribution >= 4 is 11.6 Å². The molecule has 0 aliphatic carbocycles. The van der Waals surface area contributed by atoms with Crippen LogP contribution < -0.4 is 4.74 Å². The van der Waals surface area contributed by atoms with Gasteiger partial charge in [-0.2, -0.15) is 5.26 Å². The van der Waals surface area contributed by atoms with Crippen molar-refractivity contribution < 1.29 is 9.13 Å². The van der Waals surface area contributed by atoms with Gasteiger partial charge in [0.05, 0.1) is 19.6 Å². The van der Waals surface area contributed by atoms with Gasteiger partial charge in [-0.25, -0.2) is 4.39 Å². The van der Waals surface area contributed by atoms with Gasteiger partial charge < -0.3 is 4.74 Å². The van der Waals surface area contributed by atoms with Gasteiger partial charge in [-0.05, 0) is 12.1 Å². The quantitative estimate of drug-likeness (QED) is 0.734. The van der Waals surface area contributed by atoms with E-state index >= 15 is 0 Å². The molecule has 0 saturated carbocycles. The summed E-state index contributed by atoms with van der Waals surface area (Å²) < 4.78 is 18.1. The van der Waals surface area contributed by atoms with Gasteiger partial charge >= 0.3 is 0 Å². The molecule has 0 fully saturated rings. The molecule has 0 saturated heterocycles. The number of rotatable bonds is 2. The van der Waals surface area contributed by atoms with E-state index in [2.05, 4.69) is 0 Å². The van der Waals surface area contributed by atoms with Crippen LogP contribution in [0.15, 0.2) is 12.1 Å². The molecule has 0 amide bonds. The number of hydrogen-bond donors (Lipinski definition) is 0. The lowest BCUT2D eigenvalue weighted by molar-refractivity contribution is 0.406. The molecule has 13 heavy (non-hydrogen) atoms. The summed E-state index contributed by atoms with van der Waals surface area (Å²) in [5, 5.41) is 8.69. The minimum atomic E-state index is -0.508. The second-order valence-electron chi connectivity index (χ2n) is 2.40. The first-order valence-corrected chi connectivity index (χ1v) is 3.95. The molecule has 0 aromatic heterocycles. The summed E-state index contributed by atoms with van der Waals surface area (Å²) in [6, 6.07) is 4.50. The second kappa shape index (κ2) is 4.11. The SMILES string of the molecule is COc1cc(Cl)cc(F)c1CC#N. The van der Waals surface area contributed by atoms with Crippen LogP contribution >= 0.6 is 11.6 Å². The third kappa shape index (κ3) is 2.10. The Morgan fingerprint density at radius 3 is 2.85 bits per heavy atom. The second-order valence-corrected chi connectivity index (χ2v) is 2.84. The smallest absolute Gasteiger partial charge is 0.132 e. The molecule has 1 rings (SSSR count). The van der Waals surface area contributed by atoms with Crippen LogP contribution in [0, 0.1) is 17.1 Å². The van der Waals surface area contributed by atoms with Crippen LogP contribution in [-0.4, -0.2) is 7.11 Å². The van der Waals surface area contributed by atoms with E-state index in [0.29, 0.717) is 5.75 Å². The van der Waals surface area contributed by atoms with Crippen molar-refractivity contribution in [2.24, 2.45) is 0 Å². The first kappa shape index (κ1) is 9.82. The Labute approximate surface area is 80.5 Å². The zero-order valence-electron chi connectivity index (χ0n) is 6.97. The number of hydrogen-bond acceptors (Lipinski definition) is 2. The lowest BCUT2D eigenvalue weighted by Crippen LogP contribution is -1.95. The van der Waals surface area contributed by atoms with Crippen LogP contribution in [0.25, 0.3) is 0 Å². The molecule has 0 aliphatic heterocycles. The van der Waals surface area contributed by atoms with E-state index in [1.165, 1.54) is 13.2 Å². The predicted octanol–water partition coefficient (Wildman–Crippen LogP) is 2.55. The topological polar surface area (TPSA) is 33.0 Å². The molecule has 0 heterocycles. The molecule has 0 N–H and O–H groups in total. The van der Waals surface area contributed by atoms with Crippen molar-refractivity contribution in [1.82, 2.24) is 0 Å². The van der Waals surface area contributed by atoms with E-state index < -0.39 is 5.82 Å². The van der Waals surface area contributed by atoms with Crippen LogP contribution in [0.5, 0.6) is 5.75 Å². The molecule has 0 radical (unpaired) electrons. The molecule has 1 aromatic carbocycles. The summed E-state index contributed by atoms with van der Waals surface area (Å²) in [4.78, 5) is 0. The van der Waals surface area contributed by atoms with Crippen molar-refractivity contribution in [1.29, 1.82) is 5.26 Å².